The highest BCUT2D eigenvalue weighted by Crippen LogP contribution is 2.17. The lowest BCUT2D eigenvalue weighted by atomic mass is 10.1. The summed E-state index contributed by atoms with van der Waals surface area (Å²) in [5.41, 5.74) is 6.88. The molecule has 0 aliphatic carbocycles. The molecule has 2 amide bonds. The monoisotopic (exact) mass is 273 g/mol. The van der Waals surface area contributed by atoms with Crippen LogP contribution in [0.4, 0.5) is 10.5 Å². The van der Waals surface area contributed by atoms with E-state index in [-0.39, 0.29) is 6.04 Å². The summed E-state index contributed by atoms with van der Waals surface area (Å²) in [7, 11) is 0. The van der Waals surface area contributed by atoms with Crippen LogP contribution in [0.15, 0.2) is 40.8 Å². The zero-order chi connectivity index (χ0) is 14.5. The Morgan fingerprint density at radius 3 is 2.50 bits per heavy atom. The molecule has 2 rings (SSSR count). The molecule has 0 fully saturated rings. The van der Waals surface area contributed by atoms with E-state index in [0.717, 1.165) is 17.1 Å². The molecule has 0 bridgehead atoms. The van der Waals surface area contributed by atoms with Crippen LogP contribution in [0.25, 0.3) is 0 Å². The minimum atomic E-state index is -0.558. The maximum absolute atomic E-state index is 10.7. The number of carbonyl (C=O) groups is 1. The second-order valence-corrected chi connectivity index (χ2v) is 4.73. The minimum absolute atomic E-state index is 0.183. The van der Waals surface area contributed by atoms with Crippen molar-refractivity contribution >= 4 is 11.7 Å². The number of rotatable bonds is 5. The van der Waals surface area contributed by atoms with Gasteiger partial charge >= 0.3 is 6.03 Å². The molecule has 1 heterocycles. The number of anilines is 1. The van der Waals surface area contributed by atoms with E-state index in [1.807, 2.05) is 43.3 Å². The molecule has 0 aliphatic rings. The summed E-state index contributed by atoms with van der Waals surface area (Å²) in [6.45, 7) is 4.68. The van der Waals surface area contributed by atoms with Crippen molar-refractivity contribution in [1.82, 2.24) is 5.32 Å². The number of benzene rings is 1. The van der Waals surface area contributed by atoms with E-state index in [0.29, 0.717) is 12.2 Å². The second kappa shape index (κ2) is 6.25. The number of urea groups is 1. The fourth-order valence-corrected chi connectivity index (χ4v) is 1.95. The average molecular weight is 273 g/mol. The number of amides is 2. The summed E-state index contributed by atoms with van der Waals surface area (Å²) in [5, 5.41) is 5.92. The summed E-state index contributed by atoms with van der Waals surface area (Å²) >= 11 is 0. The number of nitrogens with two attached hydrogens (primary N) is 1. The summed E-state index contributed by atoms with van der Waals surface area (Å²) in [6.07, 6.45) is 0. The predicted octanol–water partition coefficient (Wildman–Crippen LogP) is 2.93. The molecule has 5 nitrogen and oxygen atoms in total. The molecule has 1 aromatic carbocycles. The zero-order valence-corrected chi connectivity index (χ0v) is 11.6. The first-order valence-electron chi connectivity index (χ1n) is 6.49. The van der Waals surface area contributed by atoms with E-state index >= 15 is 0 Å². The zero-order valence-electron chi connectivity index (χ0n) is 11.6. The normalized spacial score (nSPS) is 12.1. The highest BCUT2D eigenvalue weighted by atomic mass is 16.3. The fraction of sp³-hybridized carbons (Fsp3) is 0.267. The van der Waals surface area contributed by atoms with Gasteiger partial charge in [-0.15, -0.1) is 0 Å². The van der Waals surface area contributed by atoms with E-state index < -0.39 is 6.03 Å². The summed E-state index contributed by atoms with van der Waals surface area (Å²) in [6, 6.07) is 11.1. The first kappa shape index (κ1) is 14.1. The maximum Gasteiger partial charge on any atom is 0.316 e. The van der Waals surface area contributed by atoms with Crippen molar-refractivity contribution in [2.24, 2.45) is 5.73 Å². The lowest BCUT2D eigenvalue weighted by Gasteiger charge is -2.14. The van der Waals surface area contributed by atoms with Gasteiger partial charge in [0.1, 0.15) is 11.5 Å². The summed E-state index contributed by atoms with van der Waals surface area (Å²) in [5.74, 6) is 1.83. The van der Waals surface area contributed by atoms with Gasteiger partial charge in [-0.3, -0.25) is 0 Å². The van der Waals surface area contributed by atoms with Gasteiger partial charge in [-0.2, -0.15) is 0 Å². The number of furan rings is 1. The lowest BCUT2D eigenvalue weighted by molar-refractivity contribution is 0.259. The maximum atomic E-state index is 10.7. The molecule has 5 heteroatoms. The van der Waals surface area contributed by atoms with Crippen molar-refractivity contribution in [3.8, 4) is 0 Å². The Morgan fingerprint density at radius 2 is 1.95 bits per heavy atom. The summed E-state index contributed by atoms with van der Waals surface area (Å²) < 4.78 is 5.51. The van der Waals surface area contributed by atoms with Crippen molar-refractivity contribution in [2.45, 2.75) is 26.4 Å². The molecule has 106 valence electrons. The number of nitrogens with one attached hydrogen (secondary N) is 2. The van der Waals surface area contributed by atoms with Crippen molar-refractivity contribution in [1.29, 1.82) is 0 Å². The number of carbonyl (C=O) groups excluding carboxylic acids is 1. The van der Waals surface area contributed by atoms with Crippen LogP contribution in [0.1, 0.15) is 30.0 Å². The molecule has 0 saturated heterocycles. The van der Waals surface area contributed by atoms with Crippen molar-refractivity contribution in [2.75, 3.05) is 5.32 Å². The number of hydrogen-bond acceptors (Lipinski definition) is 3. The molecule has 20 heavy (non-hydrogen) atoms. The van der Waals surface area contributed by atoms with Crippen LogP contribution in [-0.2, 0) is 6.54 Å². The van der Waals surface area contributed by atoms with Crippen LogP contribution in [0.3, 0.4) is 0 Å². The first-order chi connectivity index (χ1) is 9.54. The standard InChI is InChI=1S/C15H19N3O2/c1-10-3-8-14(20-10)9-17-11(2)12-4-6-13(7-5-12)18-15(16)19/h3-8,11,17H,9H2,1-2H3,(H3,16,18,19). The van der Waals surface area contributed by atoms with Crippen molar-refractivity contribution in [3.05, 3.63) is 53.5 Å². The SMILES string of the molecule is Cc1ccc(CNC(C)c2ccc(NC(N)=O)cc2)o1. The van der Waals surface area contributed by atoms with E-state index in [9.17, 15) is 4.79 Å². The number of aryl methyl sites for hydroxylation is 1. The molecule has 0 spiro atoms. The Labute approximate surface area is 118 Å². The molecular formula is C15H19N3O2. The van der Waals surface area contributed by atoms with Gasteiger partial charge in [-0.1, -0.05) is 12.1 Å². The van der Waals surface area contributed by atoms with Crippen LogP contribution >= 0.6 is 0 Å². The van der Waals surface area contributed by atoms with E-state index in [1.54, 1.807) is 0 Å². The Bertz CT molecular complexity index is 575. The van der Waals surface area contributed by atoms with Gasteiger partial charge in [0.2, 0.25) is 0 Å². The smallest absolute Gasteiger partial charge is 0.316 e. The molecule has 1 atom stereocenters. The van der Waals surface area contributed by atoms with Crippen LogP contribution in [0.5, 0.6) is 0 Å². The van der Waals surface area contributed by atoms with Gasteiger partial charge in [-0.05, 0) is 43.7 Å². The molecule has 1 aromatic heterocycles. The van der Waals surface area contributed by atoms with Gasteiger partial charge < -0.3 is 20.8 Å². The number of primary amides is 1. The van der Waals surface area contributed by atoms with Crippen molar-refractivity contribution < 1.29 is 9.21 Å². The van der Waals surface area contributed by atoms with Crippen LogP contribution in [-0.4, -0.2) is 6.03 Å². The molecular weight excluding hydrogens is 254 g/mol. The Morgan fingerprint density at radius 1 is 1.25 bits per heavy atom. The first-order valence-corrected chi connectivity index (χ1v) is 6.49. The van der Waals surface area contributed by atoms with Gasteiger partial charge in [0.05, 0.1) is 6.54 Å². The molecule has 0 radical (unpaired) electrons. The molecule has 1 unspecified atom stereocenters. The van der Waals surface area contributed by atoms with Crippen LogP contribution < -0.4 is 16.4 Å². The van der Waals surface area contributed by atoms with Gasteiger partial charge in [0.25, 0.3) is 0 Å². The van der Waals surface area contributed by atoms with Crippen LogP contribution in [0, 0.1) is 6.92 Å². The van der Waals surface area contributed by atoms with Gasteiger partial charge in [-0.25, -0.2) is 4.79 Å². The largest absolute Gasteiger partial charge is 0.465 e. The minimum Gasteiger partial charge on any atom is -0.465 e. The Hall–Kier alpha value is -2.27. The van der Waals surface area contributed by atoms with Crippen molar-refractivity contribution in [3.63, 3.8) is 0 Å². The third-order valence-electron chi connectivity index (χ3n) is 3.06. The van der Waals surface area contributed by atoms with E-state index in [2.05, 4.69) is 17.6 Å². The Balaban J connectivity index is 1.91. The molecule has 0 saturated carbocycles. The van der Waals surface area contributed by atoms with E-state index in [1.165, 1.54) is 0 Å². The Kier molecular flexibility index (Phi) is 4.42. The highest BCUT2D eigenvalue weighted by molar-refractivity contribution is 5.87. The summed E-state index contributed by atoms with van der Waals surface area (Å²) in [4.78, 5) is 10.7. The third-order valence-corrected chi connectivity index (χ3v) is 3.06. The third kappa shape index (κ3) is 3.86. The average Bonchev–Trinajstić information content (AvgIpc) is 2.82. The van der Waals surface area contributed by atoms with E-state index in [4.69, 9.17) is 10.2 Å². The topological polar surface area (TPSA) is 80.3 Å². The van der Waals surface area contributed by atoms with Gasteiger partial charge in [0, 0.05) is 11.7 Å². The molecule has 2 aromatic rings. The number of hydrogen-bond donors (Lipinski definition) is 3. The molecule has 0 aliphatic heterocycles. The fourth-order valence-electron chi connectivity index (χ4n) is 1.95. The predicted molar refractivity (Wildman–Crippen MR) is 78.3 cm³/mol. The van der Waals surface area contributed by atoms with Crippen LogP contribution in [0.2, 0.25) is 0 Å². The van der Waals surface area contributed by atoms with Gasteiger partial charge in [0.15, 0.2) is 0 Å². The lowest BCUT2D eigenvalue weighted by Crippen LogP contribution is -2.20. The highest BCUT2D eigenvalue weighted by Gasteiger charge is 2.06. The molecule has 4 N–H and O–H groups in total. The second-order valence-electron chi connectivity index (χ2n) is 4.73. The quantitative estimate of drug-likeness (QED) is 0.783.